The second-order valence-electron chi connectivity index (χ2n) is 5.45. The first kappa shape index (κ1) is 14.9. The lowest BCUT2D eigenvalue weighted by atomic mass is 9.93. The number of carbonyl (C=O) groups excluding carboxylic acids is 1. The molecule has 1 aliphatic rings. The first-order valence-corrected chi connectivity index (χ1v) is 7.38. The molecule has 5 heteroatoms. The molecule has 0 bridgehead atoms. The molecule has 3 rings (SSSR count). The summed E-state index contributed by atoms with van der Waals surface area (Å²) in [6.45, 7) is 2.00. The van der Waals surface area contributed by atoms with E-state index in [1.807, 2.05) is 73.7 Å². The fourth-order valence-corrected chi connectivity index (χ4v) is 2.64. The number of nitrogens with zero attached hydrogens (tertiary/aromatic N) is 4. The van der Waals surface area contributed by atoms with Crippen molar-refractivity contribution in [2.24, 2.45) is 5.11 Å². The van der Waals surface area contributed by atoms with Gasteiger partial charge in [0.1, 0.15) is 6.04 Å². The minimum Gasteiger partial charge on any atom is -0.304 e. The monoisotopic (exact) mass is 304 g/mol. The van der Waals surface area contributed by atoms with Gasteiger partial charge in [-0.1, -0.05) is 65.3 Å². The predicted octanol–water partition coefficient (Wildman–Crippen LogP) is 4.10. The Morgan fingerprint density at radius 1 is 1.13 bits per heavy atom. The molecule has 0 radical (unpaired) electrons. The SMILES string of the molecule is Cc1ccc(N2C(=O)C(N=[N+]=[N-])[C@H]2/C=C/c2ccccc2)cc1. The van der Waals surface area contributed by atoms with Gasteiger partial charge in [-0.25, -0.2) is 0 Å². The van der Waals surface area contributed by atoms with Gasteiger partial charge < -0.3 is 4.90 Å². The quantitative estimate of drug-likeness (QED) is 0.363. The van der Waals surface area contributed by atoms with Gasteiger partial charge in [0.05, 0.1) is 6.04 Å². The van der Waals surface area contributed by atoms with Crippen molar-refractivity contribution in [2.45, 2.75) is 19.0 Å². The van der Waals surface area contributed by atoms with E-state index in [2.05, 4.69) is 10.0 Å². The van der Waals surface area contributed by atoms with Crippen LogP contribution in [0.2, 0.25) is 0 Å². The number of anilines is 1. The molecule has 114 valence electrons. The standard InChI is InChI=1S/C18H16N4O/c1-13-7-10-15(11-8-13)22-16(17(18(22)23)20-21-19)12-9-14-5-3-2-4-6-14/h2-12,16-17H,1H3/b12-9+/t16-,17?/m1/s1. The van der Waals surface area contributed by atoms with Gasteiger partial charge in [-0.2, -0.15) is 0 Å². The van der Waals surface area contributed by atoms with Gasteiger partial charge in [-0.05, 0) is 30.2 Å². The molecule has 1 amide bonds. The van der Waals surface area contributed by atoms with E-state index >= 15 is 0 Å². The average Bonchev–Trinajstić information content (AvgIpc) is 2.58. The van der Waals surface area contributed by atoms with Gasteiger partial charge in [0, 0.05) is 10.6 Å². The third kappa shape index (κ3) is 2.96. The molecule has 1 heterocycles. The molecule has 5 nitrogen and oxygen atoms in total. The Morgan fingerprint density at radius 3 is 2.48 bits per heavy atom. The summed E-state index contributed by atoms with van der Waals surface area (Å²) in [6, 6.07) is 16.6. The number of benzene rings is 2. The van der Waals surface area contributed by atoms with Gasteiger partial charge in [0.25, 0.3) is 0 Å². The highest BCUT2D eigenvalue weighted by atomic mass is 16.2. The molecule has 1 unspecified atom stereocenters. The van der Waals surface area contributed by atoms with E-state index < -0.39 is 6.04 Å². The van der Waals surface area contributed by atoms with E-state index in [1.165, 1.54) is 0 Å². The zero-order chi connectivity index (χ0) is 16.2. The van der Waals surface area contributed by atoms with E-state index in [1.54, 1.807) is 4.90 Å². The van der Waals surface area contributed by atoms with Crippen molar-refractivity contribution in [3.63, 3.8) is 0 Å². The van der Waals surface area contributed by atoms with Crippen LogP contribution in [0, 0.1) is 6.92 Å². The zero-order valence-electron chi connectivity index (χ0n) is 12.7. The van der Waals surface area contributed by atoms with E-state index in [0.29, 0.717) is 0 Å². The van der Waals surface area contributed by atoms with Crippen LogP contribution in [0.15, 0.2) is 65.8 Å². The number of hydrogen-bond donors (Lipinski definition) is 0. The Kier molecular flexibility index (Phi) is 4.13. The van der Waals surface area contributed by atoms with E-state index in [-0.39, 0.29) is 11.9 Å². The van der Waals surface area contributed by atoms with Gasteiger partial charge in [-0.15, -0.1) is 0 Å². The number of carbonyl (C=O) groups is 1. The maximum absolute atomic E-state index is 12.3. The van der Waals surface area contributed by atoms with E-state index in [4.69, 9.17) is 5.53 Å². The van der Waals surface area contributed by atoms with Crippen LogP contribution in [-0.4, -0.2) is 18.0 Å². The molecule has 1 fully saturated rings. The summed E-state index contributed by atoms with van der Waals surface area (Å²) in [5, 5.41) is 3.64. The first-order valence-electron chi connectivity index (χ1n) is 7.38. The average molecular weight is 304 g/mol. The summed E-state index contributed by atoms with van der Waals surface area (Å²) in [5.74, 6) is -0.172. The summed E-state index contributed by atoms with van der Waals surface area (Å²) < 4.78 is 0. The molecule has 0 aromatic heterocycles. The number of aryl methyl sites for hydroxylation is 1. The van der Waals surface area contributed by atoms with Crippen LogP contribution in [0.3, 0.4) is 0 Å². The smallest absolute Gasteiger partial charge is 0.239 e. The molecule has 23 heavy (non-hydrogen) atoms. The molecular formula is C18H16N4O. The molecule has 2 aromatic carbocycles. The molecule has 1 saturated heterocycles. The van der Waals surface area contributed by atoms with Crippen LogP contribution in [0.25, 0.3) is 16.5 Å². The van der Waals surface area contributed by atoms with Crippen LogP contribution in [-0.2, 0) is 4.79 Å². The normalized spacial score (nSPS) is 20.2. The van der Waals surface area contributed by atoms with Gasteiger partial charge in [0.2, 0.25) is 5.91 Å². The lowest BCUT2D eigenvalue weighted by Crippen LogP contribution is -2.63. The number of hydrogen-bond acceptors (Lipinski definition) is 2. The van der Waals surface area contributed by atoms with Crippen LogP contribution in [0.1, 0.15) is 11.1 Å². The van der Waals surface area contributed by atoms with Gasteiger partial charge in [0.15, 0.2) is 0 Å². The fourth-order valence-electron chi connectivity index (χ4n) is 2.64. The highest BCUT2D eigenvalue weighted by Gasteiger charge is 2.46. The number of azide groups is 1. The lowest BCUT2D eigenvalue weighted by Gasteiger charge is -2.43. The number of rotatable bonds is 4. The Hall–Kier alpha value is -3.04. The Morgan fingerprint density at radius 2 is 1.83 bits per heavy atom. The Bertz CT molecular complexity index is 776. The highest BCUT2D eigenvalue weighted by molar-refractivity contribution is 6.06. The molecule has 1 aliphatic heterocycles. The fraction of sp³-hybridized carbons (Fsp3) is 0.167. The highest BCUT2D eigenvalue weighted by Crippen LogP contribution is 2.31. The Labute approximate surface area is 134 Å². The van der Waals surface area contributed by atoms with Crippen molar-refractivity contribution in [1.82, 2.24) is 0 Å². The van der Waals surface area contributed by atoms with Crippen molar-refractivity contribution in [3.05, 3.63) is 82.2 Å². The first-order chi connectivity index (χ1) is 11.2. The maximum atomic E-state index is 12.3. The molecular weight excluding hydrogens is 288 g/mol. The minimum atomic E-state index is -0.679. The largest absolute Gasteiger partial charge is 0.304 e. The lowest BCUT2D eigenvalue weighted by molar-refractivity contribution is -0.125. The van der Waals surface area contributed by atoms with Crippen LogP contribution >= 0.6 is 0 Å². The molecule has 2 atom stereocenters. The maximum Gasteiger partial charge on any atom is 0.239 e. The summed E-state index contributed by atoms with van der Waals surface area (Å²) in [4.78, 5) is 16.8. The molecule has 0 aliphatic carbocycles. The minimum absolute atomic E-state index is 0.172. The van der Waals surface area contributed by atoms with Gasteiger partial charge in [-0.3, -0.25) is 4.79 Å². The summed E-state index contributed by atoms with van der Waals surface area (Å²) in [6.07, 6.45) is 3.86. The summed E-state index contributed by atoms with van der Waals surface area (Å²) >= 11 is 0. The third-order valence-electron chi connectivity index (χ3n) is 3.89. The molecule has 2 aromatic rings. The van der Waals surface area contributed by atoms with Crippen LogP contribution in [0.4, 0.5) is 5.69 Å². The number of β-lactam (4-membered cyclic amide) rings is 1. The van der Waals surface area contributed by atoms with Gasteiger partial charge >= 0.3 is 0 Å². The zero-order valence-corrected chi connectivity index (χ0v) is 12.7. The third-order valence-corrected chi connectivity index (χ3v) is 3.89. The van der Waals surface area contributed by atoms with Crippen molar-refractivity contribution in [3.8, 4) is 0 Å². The van der Waals surface area contributed by atoms with Crippen molar-refractivity contribution < 1.29 is 4.79 Å². The molecule has 0 saturated carbocycles. The van der Waals surface area contributed by atoms with Crippen LogP contribution in [0.5, 0.6) is 0 Å². The second-order valence-corrected chi connectivity index (χ2v) is 5.45. The topological polar surface area (TPSA) is 69.1 Å². The van der Waals surface area contributed by atoms with Crippen LogP contribution < -0.4 is 4.90 Å². The second kappa shape index (κ2) is 6.38. The Balaban J connectivity index is 1.89. The number of amides is 1. The van der Waals surface area contributed by atoms with E-state index in [9.17, 15) is 4.79 Å². The van der Waals surface area contributed by atoms with Crippen molar-refractivity contribution in [1.29, 1.82) is 0 Å². The molecule has 0 N–H and O–H groups in total. The van der Waals surface area contributed by atoms with Crippen molar-refractivity contribution >= 4 is 17.7 Å². The van der Waals surface area contributed by atoms with Crippen molar-refractivity contribution in [2.75, 3.05) is 4.90 Å². The summed E-state index contributed by atoms with van der Waals surface area (Å²) in [5.41, 5.74) is 11.7. The molecule has 0 spiro atoms. The summed E-state index contributed by atoms with van der Waals surface area (Å²) in [7, 11) is 0. The van der Waals surface area contributed by atoms with E-state index in [0.717, 1.165) is 16.8 Å². The predicted molar refractivity (Wildman–Crippen MR) is 90.9 cm³/mol.